The molecule has 0 bridgehead atoms. The van der Waals surface area contributed by atoms with Crippen LogP contribution >= 0.6 is 0 Å². The summed E-state index contributed by atoms with van der Waals surface area (Å²) in [6.45, 7) is 6.89. The first kappa shape index (κ1) is 25.9. The zero-order valence-electron chi connectivity index (χ0n) is 21.3. The van der Waals surface area contributed by atoms with Crippen molar-refractivity contribution in [1.82, 2.24) is 20.0 Å². The molecule has 2 aliphatic rings. The molecule has 2 aliphatic heterocycles. The smallest absolute Gasteiger partial charge is 0.253 e. The Bertz CT molecular complexity index is 1010. The number of rotatable bonds is 9. The Morgan fingerprint density at radius 2 is 1.42 bits per heavy atom. The molecule has 7 nitrogen and oxygen atoms in total. The Labute approximate surface area is 214 Å². The van der Waals surface area contributed by atoms with Gasteiger partial charge >= 0.3 is 0 Å². The monoisotopic (exact) mass is 490 g/mol. The maximum absolute atomic E-state index is 12.8. The summed E-state index contributed by atoms with van der Waals surface area (Å²) in [6, 6.07) is 17.3. The van der Waals surface area contributed by atoms with Crippen molar-refractivity contribution in [3.63, 3.8) is 0 Å². The van der Waals surface area contributed by atoms with Crippen molar-refractivity contribution in [3.05, 3.63) is 71.3 Å². The molecule has 2 fully saturated rings. The second kappa shape index (κ2) is 12.7. The average Bonchev–Trinajstić information content (AvgIpc) is 3.47. The van der Waals surface area contributed by atoms with Gasteiger partial charge in [0.05, 0.1) is 6.54 Å². The predicted molar refractivity (Wildman–Crippen MR) is 141 cm³/mol. The van der Waals surface area contributed by atoms with E-state index in [4.69, 9.17) is 0 Å². The molecule has 1 N–H and O–H groups in total. The number of carbonyl (C=O) groups is 3. The van der Waals surface area contributed by atoms with E-state index >= 15 is 0 Å². The summed E-state index contributed by atoms with van der Waals surface area (Å²) in [7, 11) is 0. The number of hydrogen-bond acceptors (Lipinski definition) is 4. The highest BCUT2D eigenvalue weighted by molar-refractivity contribution is 5.94. The molecule has 0 aliphatic carbocycles. The Morgan fingerprint density at radius 3 is 2.03 bits per heavy atom. The first-order chi connectivity index (χ1) is 17.5. The number of amides is 3. The molecule has 192 valence electrons. The van der Waals surface area contributed by atoms with Crippen LogP contribution in [0, 0.1) is 0 Å². The molecule has 36 heavy (non-hydrogen) atoms. The SMILES string of the molecule is CCCN(CC(=O)NCc1ccc(C(=O)N2CCCC2)cc1)C1CCN(C(=O)c2ccccc2)CC1. The highest BCUT2D eigenvalue weighted by atomic mass is 16.2. The highest BCUT2D eigenvalue weighted by Crippen LogP contribution is 2.19. The molecular weight excluding hydrogens is 452 g/mol. The fraction of sp³-hybridized carbons (Fsp3) is 0.483. The predicted octanol–water partition coefficient (Wildman–Crippen LogP) is 3.56. The first-order valence-electron chi connectivity index (χ1n) is 13.3. The van der Waals surface area contributed by atoms with Crippen molar-refractivity contribution < 1.29 is 14.4 Å². The molecule has 3 amide bonds. The summed E-state index contributed by atoms with van der Waals surface area (Å²) in [6.07, 6.45) is 4.88. The number of piperidine rings is 1. The van der Waals surface area contributed by atoms with E-state index in [0.717, 1.165) is 62.9 Å². The maximum atomic E-state index is 12.8. The average molecular weight is 491 g/mol. The molecule has 2 saturated heterocycles. The maximum Gasteiger partial charge on any atom is 0.253 e. The summed E-state index contributed by atoms with van der Waals surface area (Å²) >= 11 is 0. The lowest BCUT2D eigenvalue weighted by Crippen LogP contribution is -2.49. The van der Waals surface area contributed by atoms with Crippen molar-refractivity contribution in [3.8, 4) is 0 Å². The van der Waals surface area contributed by atoms with E-state index in [0.29, 0.717) is 37.8 Å². The van der Waals surface area contributed by atoms with Gasteiger partial charge in [0, 0.05) is 49.9 Å². The Kier molecular flexibility index (Phi) is 9.11. The summed E-state index contributed by atoms with van der Waals surface area (Å²) in [5.41, 5.74) is 2.42. The van der Waals surface area contributed by atoms with Gasteiger partial charge in [0.1, 0.15) is 0 Å². The van der Waals surface area contributed by atoms with Gasteiger partial charge in [-0.1, -0.05) is 37.3 Å². The number of nitrogens with one attached hydrogen (secondary N) is 1. The highest BCUT2D eigenvalue weighted by Gasteiger charge is 2.28. The van der Waals surface area contributed by atoms with Crippen LogP contribution in [-0.4, -0.2) is 77.7 Å². The third-order valence-corrected chi connectivity index (χ3v) is 7.23. The van der Waals surface area contributed by atoms with E-state index in [1.165, 1.54) is 0 Å². The topological polar surface area (TPSA) is 73.0 Å². The number of carbonyl (C=O) groups excluding carboxylic acids is 3. The number of nitrogens with zero attached hydrogens (tertiary/aromatic N) is 3. The molecule has 0 atom stereocenters. The lowest BCUT2D eigenvalue weighted by Gasteiger charge is -2.38. The molecule has 2 aromatic carbocycles. The van der Waals surface area contributed by atoms with Crippen LogP contribution in [0.25, 0.3) is 0 Å². The van der Waals surface area contributed by atoms with Crippen molar-refractivity contribution in [2.24, 2.45) is 0 Å². The molecule has 0 spiro atoms. The summed E-state index contributed by atoms with van der Waals surface area (Å²) in [4.78, 5) is 44.1. The van der Waals surface area contributed by atoms with Gasteiger partial charge in [-0.15, -0.1) is 0 Å². The first-order valence-corrected chi connectivity index (χ1v) is 13.3. The standard InChI is InChI=1S/C29H38N4O3/c1-2-16-33(26-14-19-32(20-15-26)28(35)24-8-4-3-5-9-24)22-27(34)30-21-23-10-12-25(13-11-23)29(36)31-17-6-7-18-31/h3-5,8-13,26H,2,6-7,14-22H2,1H3,(H,30,34). The zero-order valence-corrected chi connectivity index (χ0v) is 21.3. The third-order valence-electron chi connectivity index (χ3n) is 7.23. The van der Waals surface area contributed by atoms with Gasteiger partial charge in [-0.05, 0) is 68.5 Å². The summed E-state index contributed by atoms with van der Waals surface area (Å²) < 4.78 is 0. The lowest BCUT2D eigenvalue weighted by molar-refractivity contribution is -0.123. The minimum atomic E-state index is 0.00320. The quantitative estimate of drug-likeness (QED) is 0.584. The normalized spacial score (nSPS) is 16.4. The number of likely N-dealkylation sites (tertiary alicyclic amines) is 2. The van der Waals surface area contributed by atoms with Crippen LogP contribution in [0.15, 0.2) is 54.6 Å². The van der Waals surface area contributed by atoms with E-state index in [1.807, 2.05) is 64.4 Å². The van der Waals surface area contributed by atoms with E-state index in [1.54, 1.807) is 0 Å². The van der Waals surface area contributed by atoms with Crippen LogP contribution in [0.3, 0.4) is 0 Å². The van der Waals surface area contributed by atoms with Crippen LogP contribution < -0.4 is 5.32 Å². The Balaban J connectivity index is 1.24. The van der Waals surface area contributed by atoms with Crippen LogP contribution in [0.4, 0.5) is 0 Å². The minimum Gasteiger partial charge on any atom is -0.351 e. The van der Waals surface area contributed by atoms with E-state index in [9.17, 15) is 14.4 Å². The lowest BCUT2D eigenvalue weighted by atomic mass is 10.0. The number of hydrogen-bond donors (Lipinski definition) is 1. The van der Waals surface area contributed by atoms with Crippen LogP contribution in [-0.2, 0) is 11.3 Å². The van der Waals surface area contributed by atoms with E-state index in [-0.39, 0.29) is 17.7 Å². The molecule has 2 heterocycles. The molecule has 7 heteroatoms. The fourth-order valence-electron chi connectivity index (χ4n) is 5.18. The molecular formula is C29H38N4O3. The Morgan fingerprint density at radius 1 is 0.833 bits per heavy atom. The van der Waals surface area contributed by atoms with E-state index < -0.39 is 0 Å². The Hall–Kier alpha value is -3.19. The van der Waals surface area contributed by atoms with Gasteiger partial charge in [0.2, 0.25) is 5.91 Å². The molecule has 0 saturated carbocycles. The second-order valence-corrected chi connectivity index (χ2v) is 9.83. The second-order valence-electron chi connectivity index (χ2n) is 9.83. The minimum absolute atomic E-state index is 0.00320. The van der Waals surface area contributed by atoms with E-state index in [2.05, 4.69) is 17.1 Å². The molecule has 0 aromatic heterocycles. The molecule has 0 unspecified atom stereocenters. The third kappa shape index (κ3) is 6.72. The van der Waals surface area contributed by atoms with Crippen LogP contribution in [0.5, 0.6) is 0 Å². The summed E-state index contributed by atoms with van der Waals surface area (Å²) in [5, 5.41) is 3.04. The van der Waals surface area contributed by atoms with Crippen molar-refractivity contribution >= 4 is 17.7 Å². The van der Waals surface area contributed by atoms with Crippen molar-refractivity contribution in [2.75, 3.05) is 39.3 Å². The molecule has 0 radical (unpaired) electrons. The largest absolute Gasteiger partial charge is 0.351 e. The van der Waals surface area contributed by atoms with Gasteiger partial charge in [-0.25, -0.2) is 0 Å². The van der Waals surface area contributed by atoms with Gasteiger partial charge in [0.15, 0.2) is 0 Å². The number of benzene rings is 2. The zero-order chi connectivity index (χ0) is 25.3. The van der Waals surface area contributed by atoms with Gasteiger partial charge < -0.3 is 15.1 Å². The van der Waals surface area contributed by atoms with Crippen molar-refractivity contribution in [2.45, 2.75) is 51.6 Å². The van der Waals surface area contributed by atoms with Gasteiger partial charge in [0.25, 0.3) is 11.8 Å². The van der Waals surface area contributed by atoms with Crippen molar-refractivity contribution in [1.29, 1.82) is 0 Å². The fourth-order valence-corrected chi connectivity index (χ4v) is 5.18. The van der Waals surface area contributed by atoms with Crippen LogP contribution in [0.1, 0.15) is 65.3 Å². The van der Waals surface area contributed by atoms with Gasteiger partial charge in [-0.2, -0.15) is 0 Å². The molecule has 2 aromatic rings. The summed E-state index contributed by atoms with van der Waals surface area (Å²) in [5.74, 6) is 0.181. The van der Waals surface area contributed by atoms with Crippen LogP contribution in [0.2, 0.25) is 0 Å². The molecule has 4 rings (SSSR count). The van der Waals surface area contributed by atoms with Gasteiger partial charge in [-0.3, -0.25) is 19.3 Å².